The standard InChI is InChI=1S/C19H24FN5O2/c20-16-3-1-14(2-4-16)13-17-22-19(27-23-17)25-9-5-15(6-10-25)18(26)24-11-7-21-8-12-24/h1-4,15,21H,5-13H2. The highest BCUT2D eigenvalue weighted by Crippen LogP contribution is 2.24. The highest BCUT2D eigenvalue weighted by molar-refractivity contribution is 5.79. The maximum atomic E-state index is 13.0. The van der Waals surface area contributed by atoms with Crippen molar-refractivity contribution in [2.24, 2.45) is 5.92 Å². The SMILES string of the molecule is O=C(C1CCN(c2nc(Cc3ccc(F)cc3)no2)CC1)N1CCNCC1. The van der Waals surface area contributed by atoms with Gasteiger partial charge in [-0.1, -0.05) is 17.3 Å². The van der Waals surface area contributed by atoms with Gasteiger partial charge in [-0.25, -0.2) is 4.39 Å². The van der Waals surface area contributed by atoms with Crippen LogP contribution in [-0.4, -0.2) is 60.2 Å². The van der Waals surface area contributed by atoms with Crippen molar-refractivity contribution in [3.63, 3.8) is 0 Å². The van der Waals surface area contributed by atoms with E-state index in [9.17, 15) is 9.18 Å². The van der Waals surface area contributed by atoms with Crippen molar-refractivity contribution in [1.29, 1.82) is 0 Å². The maximum Gasteiger partial charge on any atom is 0.324 e. The van der Waals surface area contributed by atoms with Crippen LogP contribution in [0.3, 0.4) is 0 Å². The Bertz CT molecular complexity index is 765. The van der Waals surface area contributed by atoms with E-state index in [0.29, 0.717) is 18.3 Å². The first-order valence-electron chi connectivity index (χ1n) is 9.50. The second-order valence-corrected chi connectivity index (χ2v) is 7.13. The lowest BCUT2D eigenvalue weighted by Gasteiger charge is -2.35. The molecule has 0 unspecified atom stereocenters. The van der Waals surface area contributed by atoms with Gasteiger partial charge in [0.05, 0.1) is 0 Å². The first-order valence-corrected chi connectivity index (χ1v) is 9.50. The Labute approximate surface area is 157 Å². The van der Waals surface area contributed by atoms with Gasteiger partial charge in [0.2, 0.25) is 5.91 Å². The minimum atomic E-state index is -0.259. The van der Waals surface area contributed by atoms with Gasteiger partial charge in [0.15, 0.2) is 5.82 Å². The Kier molecular flexibility index (Phi) is 5.33. The molecule has 0 aliphatic carbocycles. The smallest absolute Gasteiger partial charge is 0.324 e. The Balaban J connectivity index is 1.31. The molecular weight excluding hydrogens is 349 g/mol. The third-order valence-electron chi connectivity index (χ3n) is 5.28. The molecular formula is C19H24FN5O2. The van der Waals surface area contributed by atoms with Crippen LogP contribution in [-0.2, 0) is 11.2 Å². The van der Waals surface area contributed by atoms with Crippen LogP contribution in [0.2, 0.25) is 0 Å². The van der Waals surface area contributed by atoms with Crippen molar-refractivity contribution in [2.75, 3.05) is 44.2 Å². The Morgan fingerprint density at radius 1 is 1.15 bits per heavy atom. The summed E-state index contributed by atoms with van der Waals surface area (Å²) in [5.74, 6) is 0.682. The summed E-state index contributed by atoms with van der Waals surface area (Å²) in [5.41, 5.74) is 0.934. The summed E-state index contributed by atoms with van der Waals surface area (Å²) < 4.78 is 18.4. The van der Waals surface area contributed by atoms with E-state index in [2.05, 4.69) is 15.5 Å². The number of aromatic nitrogens is 2. The van der Waals surface area contributed by atoms with Crippen LogP contribution in [0.5, 0.6) is 0 Å². The van der Waals surface area contributed by atoms with Gasteiger partial charge in [0.1, 0.15) is 5.82 Å². The van der Waals surface area contributed by atoms with Crippen LogP contribution in [0.15, 0.2) is 28.8 Å². The number of nitrogens with one attached hydrogen (secondary N) is 1. The van der Waals surface area contributed by atoms with E-state index in [1.54, 1.807) is 12.1 Å². The molecule has 0 bridgehead atoms. The summed E-state index contributed by atoms with van der Waals surface area (Å²) in [6, 6.07) is 6.80. The maximum absolute atomic E-state index is 13.0. The Morgan fingerprint density at radius 2 is 1.85 bits per heavy atom. The molecule has 1 amide bonds. The van der Waals surface area contributed by atoms with Gasteiger partial charge < -0.3 is 19.6 Å². The number of hydrogen-bond donors (Lipinski definition) is 1. The van der Waals surface area contributed by atoms with Crippen LogP contribution < -0.4 is 10.2 Å². The number of rotatable bonds is 4. The minimum Gasteiger partial charge on any atom is -0.340 e. The molecule has 27 heavy (non-hydrogen) atoms. The first-order chi connectivity index (χ1) is 13.2. The zero-order chi connectivity index (χ0) is 18.6. The number of hydrogen-bond acceptors (Lipinski definition) is 6. The van der Waals surface area contributed by atoms with Crippen molar-refractivity contribution in [3.8, 4) is 0 Å². The van der Waals surface area contributed by atoms with Gasteiger partial charge >= 0.3 is 6.01 Å². The molecule has 1 aromatic heterocycles. The summed E-state index contributed by atoms with van der Waals surface area (Å²) in [4.78, 5) is 21.1. The Morgan fingerprint density at radius 3 is 2.56 bits per heavy atom. The van der Waals surface area contributed by atoms with Gasteiger partial charge in [-0.05, 0) is 30.5 Å². The number of amides is 1. The molecule has 2 fully saturated rings. The van der Waals surface area contributed by atoms with E-state index in [-0.39, 0.29) is 17.6 Å². The predicted octanol–water partition coefficient (Wildman–Crippen LogP) is 1.45. The van der Waals surface area contributed by atoms with E-state index in [4.69, 9.17) is 4.52 Å². The molecule has 1 aromatic carbocycles. The fourth-order valence-corrected chi connectivity index (χ4v) is 3.69. The lowest BCUT2D eigenvalue weighted by Crippen LogP contribution is -2.50. The molecule has 4 rings (SSSR count). The second-order valence-electron chi connectivity index (χ2n) is 7.13. The zero-order valence-electron chi connectivity index (χ0n) is 15.2. The number of anilines is 1. The number of piperazine rings is 1. The van der Waals surface area contributed by atoms with Crippen molar-refractivity contribution >= 4 is 11.9 Å². The van der Waals surface area contributed by atoms with E-state index < -0.39 is 0 Å². The van der Waals surface area contributed by atoms with Gasteiger partial charge in [0.25, 0.3) is 0 Å². The number of nitrogens with zero attached hydrogens (tertiary/aromatic N) is 4. The minimum absolute atomic E-state index is 0.0842. The number of halogens is 1. The molecule has 144 valence electrons. The molecule has 2 aliphatic heterocycles. The molecule has 2 aliphatic rings. The summed E-state index contributed by atoms with van der Waals surface area (Å²) in [6.07, 6.45) is 2.11. The molecule has 2 aromatic rings. The molecule has 0 radical (unpaired) electrons. The third kappa shape index (κ3) is 4.27. The normalized spacial score (nSPS) is 18.7. The average Bonchev–Trinajstić information content (AvgIpc) is 3.18. The lowest BCUT2D eigenvalue weighted by atomic mass is 9.95. The molecule has 3 heterocycles. The fraction of sp³-hybridized carbons (Fsp3) is 0.526. The highest BCUT2D eigenvalue weighted by Gasteiger charge is 2.30. The quantitative estimate of drug-likeness (QED) is 0.874. The van der Waals surface area contributed by atoms with Gasteiger partial charge in [0, 0.05) is 51.6 Å². The summed E-state index contributed by atoms with van der Waals surface area (Å²) >= 11 is 0. The molecule has 2 saturated heterocycles. The molecule has 8 heteroatoms. The van der Waals surface area contributed by atoms with Crippen molar-refractivity contribution in [3.05, 3.63) is 41.5 Å². The number of piperidine rings is 1. The fourth-order valence-electron chi connectivity index (χ4n) is 3.69. The summed E-state index contributed by atoms with van der Waals surface area (Å²) in [7, 11) is 0. The van der Waals surface area contributed by atoms with Gasteiger partial charge in [-0.2, -0.15) is 4.98 Å². The third-order valence-corrected chi connectivity index (χ3v) is 5.28. The van der Waals surface area contributed by atoms with Crippen molar-refractivity contribution < 1.29 is 13.7 Å². The molecule has 0 atom stereocenters. The van der Waals surface area contributed by atoms with E-state index in [1.165, 1.54) is 12.1 Å². The average molecular weight is 373 g/mol. The van der Waals surface area contributed by atoms with Gasteiger partial charge in [-0.15, -0.1) is 0 Å². The molecule has 1 N–H and O–H groups in total. The van der Waals surface area contributed by atoms with Crippen molar-refractivity contribution in [2.45, 2.75) is 19.3 Å². The Hall–Kier alpha value is -2.48. The predicted molar refractivity (Wildman–Crippen MR) is 97.9 cm³/mol. The zero-order valence-corrected chi connectivity index (χ0v) is 15.2. The highest BCUT2D eigenvalue weighted by atomic mass is 19.1. The van der Waals surface area contributed by atoms with Crippen molar-refractivity contribution in [1.82, 2.24) is 20.4 Å². The van der Waals surface area contributed by atoms with Crippen LogP contribution in [0.25, 0.3) is 0 Å². The van der Waals surface area contributed by atoms with Crippen LogP contribution in [0, 0.1) is 11.7 Å². The number of carbonyl (C=O) groups excluding carboxylic acids is 1. The monoisotopic (exact) mass is 373 g/mol. The van der Waals surface area contributed by atoms with Crippen LogP contribution in [0.4, 0.5) is 10.4 Å². The largest absolute Gasteiger partial charge is 0.340 e. The van der Waals surface area contributed by atoms with E-state index >= 15 is 0 Å². The second kappa shape index (κ2) is 8.04. The van der Waals surface area contributed by atoms with E-state index in [0.717, 1.165) is 57.7 Å². The van der Waals surface area contributed by atoms with Crippen LogP contribution in [0.1, 0.15) is 24.2 Å². The first kappa shape index (κ1) is 17.9. The summed E-state index contributed by atoms with van der Waals surface area (Å²) in [6.45, 7) is 4.83. The molecule has 0 saturated carbocycles. The number of carbonyl (C=O) groups is 1. The van der Waals surface area contributed by atoms with Crippen LogP contribution >= 0.6 is 0 Å². The molecule has 7 nitrogen and oxygen atoms in total. The van der Waals surface area contributed by atoms with Gasteiger partial charge in [-0.3, -0.25) is 4.79 Å². The summed E-state index contributed by atoms with van der Waals surface area (Å²) in [5, 5.41) is 7.31. The van der Waals surface area contributed by atoms with E-state index in [1.807, 2.05) is 9.80 Å². The lowest BCUT2D eigenvalue weighted by molar-refractivity contribution is -0.136. The number of benzene rings is 1. The molecule has 0 spiro atoms. The topological polar surface area (TPSA) is 74.5 Å².